The van der Waals surface area contributed by atoms with Crippen LogP contribution in [0.4, 0.5) is 0 Å². The molecule has 2 aromatic heterocycles. The molecular formula is C13H15BrN2O. The zero-order valence-corrected chi connectivity index (χ0v) is 11.4. The van der Waals surface area contributed by atoms with Gasteiger partial charge in [-0.15, -0.1) is 0 Å². The topological polar surface area (TPSA) is 38.1 Å². The summed E-state index contributed by atoms with van der Waals surface area (Å²) >= 11 is 3.30. The maximum atomic E-state index is 5.52. The summed E-state index contributed by atoms with van der Waals surface area (Å²) in [4.78, 5) is 4.33. The minimum Gasteiger partial charge on any atom is -0.453 e. The highest BCUT2D eigenvalue weighted by Crippen LogP contribution is 2.22. The van der Waals surface area contributed by atoms with Gasteiger partial charge in [0.05, 0.1) is 11.7 Å². The zero-order chi connectivity index (χ0) is 12.3. The van der Waals surface area contributed by atoms with Gasteiger partial charge in [-0.2, -0.15) is 0 Å². The highest BCUT2D eigenvalue weighted by Gasteiger charge is 2.14. The number of hydrogen-bond donors (Lipinski definition) is 1. The first-order valence-corrected chi connectivity index (χ1v) is 6.38. The Morgan fingerprint density at radius 1 is 1.18 bits per heavy atom. The first-order valence-electron chi connectivity index (χ1n) is 5.59. The van der Waals surface area contributed by atoms with E-state index < -0.39 is 0 Å². The Labute approximate surface area is 109 Å². The van der Waals surface area contributed by atoms with Crippen molar-refractivity contribution in [1.82, 2.24) is 10.3 Å². The highest BCUT2D eigenvalue weighted by molar-refractivity contribution is 9.10. The van der Waals surface area contributed by atoms with E-state index in [0.717, 1.165) is 16.1 Å². The molecule has 0 radical (unpaired) electrons. The van der Waals surface area contributed by atoms with Gasteiger partial charge in [0.25, 0.3) is 0 Å². The zero-order valence-electron chi connectivity index (χ0n) is 9.85. The molecule has 0 aromatic carbocycles. The van der Waals surface area contributed by atoms with Crippen LogP contribution in [0.3, 0.4) is 0 Å². The summed E-state index contributed by atoms with van der Waals surface area (Å²) < 4.78 is 6.27. The number of nitrogens with one attached hydrogen (secondary N) is 1. The molecule has 2 rings (SSSR count). The Morgan fingerprint density at radius 2 is 2.00 bits per heavy atom. The van der Waals surface area contributed by atoms with Gasteiger partial charge in [-0.1, -0.05) is 6.07 Å². The van der Waals surface area contributed by atoms with E-state index in [1.54, 1.807) is 0 Å². The van der Waals surface area contributed by atoms with Gasteiger partial charge in [0, 0.05) is 12.2 Å². The van der Waals surface area contributed by atoms with E-state index in [9.17, 15) is 0 Å². The molecule has 2 aromatic rings. The van der Waals surface area contributed by atoms with Crippen LogP contribution in [-0.4, -0.2) is 4.98 Å². The summed E-state index contributed by atoms with van der Waals surface area (Å²) in [6.07, 6.45) is 1.81. The summed E-state index contributed by atoms with van der Waals surface area (Å²) in [5.74, 6) is 0.916. The van der Waals surface area contributed by atoms with Crippen LogP contribution in [0.5, 0.6) is 0 Å². The van der Waals surface area contributed by atoms with Crippen molar-refractivity contribution in [2.75, 3.05) is 0 Å². The number of halogens is 1. The lowest BCUT2D eigenvalue weighted by atomic mass is 10.1. The Morgan fingerprint density at radius 3 is 2.59 bits per heavy atom. The minimum atomic E-state index is 0.151. The van der Waals surface area contributed by atoms with Gasteiger partial charge in [0.1, 0.15) is 5.76 Å². The van der Waals surface area contributed by atoms with E-state index in [2.05, 4.69) is 40.1 Å². The molecule has 3 nitrogen and oxygen atoms in total. The molecule has 1 N–H and O–H groups in total. The number of aromatic nitrogens is 1. The van der Waals surface area contributed by atoms with Crippen LogP contribution < -0.4 is 5.32 Å². The van der Waals surface area contributed by atoms with E-state index in [-0.39, 0.29) is 12.1 Å². The van der Waals surface area contributed by atoms with Crippen LogP contribution in [-0.2, 0) is 0 Å². The summed E-state index contributed by atoms with van der Waals surface area (Å²) in [6.45, 7) is 4.17. The van der Waals surface area contributed by atoms with E-state index in [4.69, 9.17) is 4.42 Å². The molecule has 0 aliphatic carbocycles. The standard InChI is InChI=1S/C13H15BrN2O/c1-9(11-5-3-4-8-15-11)16-10(2)12-6-7-13(14)17-12/h3-10,16H,1-2H3. The monoisotopic (exact) mass is 294 g/mol. The lowest BCUT2D eigenvalue weighted by Gasteiger charge is -2.17. The molecule has 0 saturated carbocycles. The Balaban J connectivity index is 2.02. The van der Waals surface area contributed by atoms with E-state index >= 15 is 0 Å². The molecule has 0 aliphatic rings. The highest BCUT2D eigenvalue weighted by atomic mass is 79.9. The van der Waals surface area contributed by atoms with Crippen molar-refractivity contribution in [3.63, 3.8) is 0 Å². The Hall–Kier alpha value is -1.13. The number of rotatable bonds is 4. The van der Waals surface area contributed by atoms with Gasteiger partial charge in [0.2, 0.25) is 0 Å². The molecule has 0 spiro atoms. The maximum absolute atomic E-state index is 5.52. The molecule has 0 amide bonds. The number of furan rings is 1. The van der Waals surface area contributed by atoms with Gasteiger partial charge < -0.3 is 4.42 Å². The molecular weight excluding hydrogens is 280 g/mol. The third-order valence-electron chi connectivity index (χ3n) is 2.65. The smallest absolute Gasteiger partial charge is 0.169 e. The number of pyridine rings is 1. The number of nitrogens with zero attached hydrogens (tertiary/aromatic N) is 1. The van der Waals surface area contributed by atoms with E-state index in [1.165, 1.54) is 0 Å². The van der Waals surface area contributed by atoms with Gasteiger partial charge >= 0.3 is 0 Å². The first kappa shape index (κ1) is 12.3. The van der Waals surface area contributed by atoms with Crippen molar-refractivity contribution in [2.24, 2.45) is 0 Å². The van der Waals surface area contributed by atoms with E-state index in [1.807, 2.05) is 36.5 Å². The molecule has 4 heteroatoms. The normalized spacial score (nSPS) is 14.5. The quantitative estimate of drug-likeness (QED) is 0.931. The summed E-state index contributed by atoms with van der Waals surface area (Å²) in [6, 6.07) is 10.1. The van der Waals surface area contributed by atoms with Crippen LogP contribution in [0.25, 0.3) is 0 Å². The van der Waals surface area contributed by atoms with Crippen LogP contribution in [0.2, 0.25) is 0 Å². The van der Waals surface area contributed by atoms with Crippen LogP contribution in [0, 0.1) is 0 Å². The van der Waals surface area contributed by atoms with E-state index in [0.29, 0.717) is 0 Å². The summed E-state index contributed by atoms with van der Waals surface area (Å²) in [5, 5.41) is 3.45. The molecule has 2 atom stereocenters. The predicted molar refractivity (Wildman–Crippen MR) is 70.6 cm³/mol. The molecule has 0 saturated heterocycles. The second-order valence-corrected chi connectivity index (χ2v) is 4.79. The fourth-order valence-corrected chi connectivity index (χ4v) is 2.05. The Kier molecular flexibility index (Phi) is 3.97. The molecule has 2 unspecified atom stereocenters. The van der Waals surface area contributed by atoms with Gasteiger partial charge in [-0.3, -0.25) is 10.3 Å². The lowest BCUT2D eigenvalue weighted by molar-refractivity contribution is 0.391. The van der Waals surface area contributed by atoms with Crippen LogP contribution in [0.15, 0.2) is 45.6 Å². The van der Waals surface area contributed by atoms with Crippen molar-refractivity contribution >= 4 is 15.9 Å². The maximum Gasteiger partial charge on any atom is 0.169 e. The van der Waals surface area contributed by atoms with Crippen molar-refractivity contribution in [2.45, 2.75) is 25.9 Å². The lowest BCUT2D eigenvalue weighted by Crippen LogP contribution is -2.22. The minimum absolute atomic E-state index is 0.151. The Bertz CT molecular complexity index is 469. The average molecular weight is 295 g/mol. The average Bonchev–Trinajstić information content (AvgIpc) is 2.77. The van der Waals surface area contributed by atoms with Crippen molar-refractivity contribution in [3.05, 3.63) is 52.7 Å². The second kappa shape index (κ2) is 5.47. The number of hydrogen-bond acceptors (Lipinski definition) is 3. The van der Waals surface area contributed by atoms with Crippen molar-refractivity contribution in [3.8, 4) is 0 Å². The molecule has 90 valence electrons. The SMILES string of the molecule is CC(NC(C)c1ccc(Br)o1)c1ccccn1. The molecule has 17 heavy (non-hydrogen) atoms. The molecule has 2 heterocycles. The van der Waals surface area contributed by atoms with Gasteiger partial charge in [-0.05, 0) is 54.0 Å². The molecule has 0 bridgehead atoms. The van der Waals surface area contributed by atoms with Crippen molar-refractivity contribution < 1.29 is 4.42 Å². The molecule has 0 fully saturated rings. The fraction of sp³-hybridized carbons (Fsp3) is 0.308. The van der Waals surface area contributed by atoms with Crippen molar-refractivity contribution in [1.29, 1.82) is 0 Å². The third-order valence-corrected chi connectivity index (χ3v) is 3.08. The first-order chi connectivity index (χ1) is 8.16. The van der Waals surface area contributed by atoms with Gasteiger partial charge in [0.15, 0.2) is 4.67 Å². The summed E-state index contributed by atoms with van der Waals surface area (Å²) in [5.41, 5.74) is 1.03. The largest absolute Gasteiger partial charge is 0.453 e. The fourth-order valence-electron chi connectivity index (χ4n) is 1.74. The predicted octanol–water partition coefficient (Wildman–Crippen LogP) is 3.85. The third kappa shape index (κ3) is 3.17. The van der Waals surface area contributed by atoms with Crippen LogP contribution in [0.1, 0.15) is 37.4 Å². The van der Waals surface area contributed by atoms with Gasteiger partial charge in [-0.25, -0.2) is 0 Å². The second-order valence-electron chi connectivity index (χ2n) is 4.01. The molecule has 0 aliphatic heterocycles. The summed E-state index contributed by atoms with van der Waals surface area (Å²) in [7, 11) is 0. The van der Waals surface area contributed by atoms with Crippen LogP contribution >= 0.6 is 15.9 Å².